The summed E-state index contributed by atoms with van der Waals surface area (Å²) in [5.74, 6) is 0.0519. The Morgan fingerprint density at radius 1 is 1.38 bits per heavy atom. The zero-order chi connectivity index (χ0) is 15.6. The highest BCUT2D eigenvalue weighted by molar-refractivity contribution is 6.43. The van der Waals surface area contributed by atoms with Crippen LogP contribution in [0.15, 0.2) is 18.2 Å². The van der Waals surface area contributed by atoms with E-state index < -0.39 is 6.03 Å². The standard InChI is InChI=1S/C14H17Cl2N3O2/c1-8(2)19-7-9(6-12(19)20)17-14(21)18-11-5-3-4-10(15)13(11)16/h3-5,8-9H,6-7H2,1-2H3,(H2,17,18,21). The second-order valence-electron chi connectivity index (χ2n) is 5.24. The third-order valence-corrected chi connectivity index (χ3v) is 4.14. The van der Waals surface area contributed by atoms with Gasteiger partial charge in [0, 0.05) is 19.0 Å². The van der Waals surface area contributed by atoms with Gasteiger partial charge < -0.3 is 15.5 Å². The van der Waals surface area contributed by atoms with E-state index in [-0.39, 0.29) is 18.0 Å². The van der Waals surface area contributed by atoms with Crippen molar-refractivity contribution < 1.29 is 9.59 Å². The molecule has 7 heteroatoms. The van der Waals surface area contributed by atoms with Gasteiger partial charge >= 0.3 is 6.03 Å². The maximum atomic E-state index is 12.0. The van der Waals surface area contributed by atoms with E-state index in [2.05, 4.69) is 10.6 Å². The van der Waals surface area contributed by atoms with Gasteiger partial charge in [-0.2, -0.15) is 0 Å². The minimum Gasteiger partial charge on any atom is -0.338 e. The molecule has 1 aliphatic rings. The van der Waals surface area contributed by atoms with Crippen LogP contribution in [-0.2, 0) is 4.79 Å². The van der Waals surface area contributed by atoms with Crippen molar-refractivity contribution in [2.45, 2.75) is 32.4 Å². The molecule has 1 aromatic rings. The Morgan fingerprint density at radius 3 is 2.71 bits per heavy atom. The van der Waals surface area contributed by atoms with Crippen molar-refractivity contribution in [1.82, 2.24) is 10.2 Å². The molecule has 1 fully saturated rings. The number of hydrogen-bond donors (Lipinski definition) is 2. The van der Waals surface area contributed by atoms with Crippen LogP contribution in [0.1, 0.15) is 20.3 Å². The van der Waals surface area contributed by atoms with Gasteiger partial charge in [0.05, 0.1) is 21.8 Å². The summed E-state index contributed by atoms with van der Waals surface area (Å²) in [5, 5.41) is 6.08. The zero-order valence-corrected chi connectivity index (χ0v) is 13.3. The Morgan fingerprint density at radius 2 is 2.10 bits per heavy atom. The van der Waals surface area contributed by atoms with Crippen LogP contribution in [-0.4, -0.2) is 35.5 Å². The van der Waals surface area contributed by atoms with E-state index in [0.717, 1.165) is 0 Å². The minimum absolute atomic E-state index is 0.0519. The lowest BCUT2D eigenvalue weighted by Crippen LogP contribution is -2.40. The van der Waals surface area contributed by atoms with Crippen molar-refractivity contribution in [1.29, 1.82) is 0 Å². The average Bonchev–Trinajstić information content (AvgIpc) is 2.76. The number of halogens is 2. The lowest BCUT2D eigenvalue weighted by molar-refractivity contribution is -0.129. The number of likely N-dealkylation sites (tertiary alicyclic amines) is 1. The van der Waals surface area contributed by atoms with Gasteiger partial charge in [-0.05, 0) is 26.0 Å². The van der Waals surface area contributed by atoms with Gasteiger partial charge in [0.1, 0.15) is 0 Å². The number of benzene rings is 1. The SMILES string of the molecule is CC(C)N1CC(NC(=O)Nc2cccc(Cl)c2Cl)CC1=O. The topological polar surface area (TPSA) is 61.4 Å². The molecular weight excluding hydrogens is 313 g/mol. The summed E-state index contributed by atoms with van der Waals surface area (Å²) >= 11 is 11.9. The normalized spacial score (nSPS) is 18.2. The number of hydrogen-bond acceptors (Lipinski definition) is 2. The summed E-state index contributed by atoms with van der Waals surface area (Å²) in [6, 6.07) is 4.54. The van der Waals surface area contributed by atoms with Crippen molar-refractivity contribution in [3.63, 3.8) is 0 Å². The number of urea groups is 1. The third-order valence-electron chi connectivity index (χ3n) is 3.32. The molecule has 1 saturated heterocycles. The van der Waals surface area contributed by atoms with Crippen molar-refractivity contribution in [3.05, 3.63) is 28.2 Å². The predicted molar refractivity (Wildman–Crippen MR) is 83.9 cm³/mol. The fraction of sp³-hybridized carbons (Fsp3) is 0.429. The number of amides is 3. The second-order valence-corrected chi connectivity index (χ2v) is 6.03. The first kappa shape index (κ1) is 15.9. The lowest BCUT2D eigenvalue weighted by atomic mass is 10.2. The van der Waals surface area contributed by atoms with E-state index in [1.807, 2.05) is 13.8 Å². The highest BCUT2D eigenvalue weighted by Gasteiger charge is 2.31. The van der Waals surface area contributed by atoms with E-state index in [9.17, 15) is 9.59 Å². The number of nitrogens with zero attached hydrogens (tertiary/aromatic N) is 1. The summed E-state index contributed by atoms with van der Waals surface area (Å²) in [6.45, 7) is 4.42. The number of carbonyl (C=O) groups excluding carboxylic acids is 2. The number of carbonyl (C=O) groups is 2. The first-order valence-corrected chi connectivity index (χ1v) is 7.45. The molecule has 21 heavy (non-hydrogen) atoms. The van der Waals surface area contributed by atoms with Crippen molar-refractivity contribution in [2.75, 3.05) is 11.9 Å². The molecule has 1 heterocycles. The summed E-state index contributed by atoms with van der Waals surface area (Å²) in [5.41, 5.74) is 0.437. The van der Waals surface area contributed by atoms with Crippen molar-refractivity contribution >= 4 is 40.8 Å². The maximum Gasteiger partial charge on any atom is 0.319 e. The maximum absolute atomic E-state index is 12.0. The molecule has 0 bridgehead atoms. The molecule has 1 aliphatic heterocycles. The molecule has 2 rings (SSSR count). The quantitative estimate of drug-likeness (QED) is 0.894. The molecule has 1 atom stereocenters. The molecule has 0 aromatic heterocycles. The van der Waals surface area contributed by atoms with Crippen LogP contribution < -0.4 is 10.6 Å². The van der Waals surface area contributed by atoms with Crippen LogP contribution in [0.3, 0.4) is 0 Å². The number of anilines is 1. The highest BCUT2D eigenvalue weighted by Crippen LogP contribution is 2.29. The molecular formula is C14H17Cl2N3O2. The summed E-state index contributed by atoms with van der Waals surface area (Å²) in [6.07, 6.45) is 0.314. The van der Waals surface area contributed by atoms with Gasteiger partial charge in [0.15, 0.2) is 0 Å². The van der Waals surface area contributed by atoms with E-state index >= 15 is 0 Å². The lowest BCUT2D eigenvalue weighted by Gasteiger charge is -2.21. The van der Waals surface area contributed by atoms with Gasteiger partial charge in [-0.15, -0.1) is 0 Å². The van der Waals surface area contributed by atoms with Crippen molar-refractivity contribution in [3.8, 4) is 0 Å². The second kappa shape index (κ2) is 6.54. The Labute approximate surface area is 133 Å². The number of rotatable bonds is 3. The smallest absolute Gasteiger partial charge is 0.319 e. The van der Waals surface area contributed by atoms with Gasteiger partial charge in [-0.3, -0.25) is 4.79 Å². The molecule has 0 aliphatic carbocycles. The summed E-state index contributed by atoms with van der Waals surface area (Å²) < 4.78 is 0. The average molecular weight is 330 g/mol. The largest absolute Gasteiger partial charge is 0.338 e. The van der Waals surface area contributed by atoms with Gasteiger partial charge in [-0.25, -0.2) is 4.79 Å². The van der Waals surface area contributed by atoms with Crippen LogP contribution in [0.4, 0.5) is 10.5 Å². The van der Waals surface area contributed by atoms with Gasteiger partial charge in [0.25, 0.3) is 0 Å². The number of nitrogens with one attached hydrogen (secondary N) is 2. The van der Waals surface area contributed by atoms with E-state index in [1.165, 1.54) is 0 Å². The molecule has 1 unspecified atom stereocenters. The van der Waals surface area contributed by atoms with Gasteiger partial charge in [-0.1, -0.05) is 29.3 Å². The van der Waals surface area contributed by atoms with E-state index in [0.29, 0.717) is 28.7 Å². The first-order valence-electron chi connectivity index (χ1n) is 6.69. The summed E-state index contributed by atoms with van der Waals surface area (Å²) in [7, 11) is 0. The molecule has 1 aromatic carbocycles. The Kier molecular flexibility index (Phi) is 4.96. The zero-order valence-electron chi connectivity index (χ0n) is 11.8. The first-order chi connectivity index (χ1) is 9.88. The molecule has 5 nitrogen and oxygen atoms in total. The minimum atomic E-state index is -0.400. The Hall–Kier alpha value is -1.46. The summed E-state index contributed by atoms with van der Waals surface area (Å²) in [4.78, 5) is 25.5. The third kappa shape index (κ3) is 3.80. The van der Waals surface area contributed by atoms with Crippen LogP contribution >= 0.6 is 23.2 Å². The monoisotopic (exact) mass is 329 g/mol. The molecule has 0 radical (unpaired) electrons. The van der Waals surface area contributed by atoms with E-state index in [4.69, 9.17) is 23.2 Å². The fourth-order valence-electron chi connectivity index (χ4n) is 2.27. The fourth-order valence-corrected chi connectivity index (χ4v) is 2.62. The molecule has 0 saturated carbocycles. The molecule has 3 amide bonds. The highest BCUT2D eigenvalue weighted by atomic mass is 35.5. The van der Waals surface area contributed by atoms with Gasteiger partial charge in [0.2, 0.25) is 5.91 Å². The molecule has 114 valence electrons. The van der Waals surface area contributed by atoms with Crippen LogP contribution in [0.5, 0.6) is 0 Å². The Balaban J connectivity index is 1.94. The van der Waals surface area contributed by atoms with Crippen LogP contribution in [0, 0.1) is 0 Å². The Bertz CT molecular complexity index is 563. The van der Waals surface area contributed by atoms with Crippen LogP contribution in [0.25, 0.3) is 0 Å². The molecule has 2 N–H and O–H groups in total. The van der Waals surface area contributed by atoms with Crippen LogP contribution in [0.2, 0.25) is 10.0 Å². The molecule has 0 spiro atoms. The van der Waals surface area contributed by atoms with E-state index in [1.54, 1.807) is 23.1 Å². The van der Waals surface area contributed by atoms with Crippen molar-refractivity contribution in [2.24, 2.45) is 0 Å². The predicted octanol–water partition coefficient (Wildman–Crippen LogP) is 3.12.